The lowest BCUT2D eigenvalue weighted by molar-refractivity contribution is -0.382. The van der Waals surface area contributed by atoms with Crippen LogP contribution >= 0.6 is 28.6 Å². The zero-order chi connectivity index (χ0) is 19.8. The molecular weight excluding hydrogens is 434 g/mol. The van der Waals surface area contributed by atoms with Crippen LogP contribution in [0.25, 0.3) is 0 Å². The molecule has 0 saturated carbocycles. The van der Waals surface area contributed by atoms with Gasteiger partial charge in [-0.25, -0.2) is 0 Å². The smallest absolute Gasteiger partial charge is 0.350 e. The van der Waals surface area contributed by atoms with Gasteiger partial charge < -0.3 is 16.1 Å². The van der Waals surface area contributed by atoms with Gasteiger partial charge in [-0.15, -0.1) is 22.7 Å². The molecule has 0 atom stereocenters. The van der Waals surface area contributed by atoms with Gasteiger partial charge in [-0.1, -0.05) is 28.1 Å². The lowest BCUT2D eigenvalue weighted by atomic mass is 10.0. The Labute approximate surface area is 171 Å². The first-order valence-electron chi connectivity index (χ1n) is 8.15. The molecule has 1 aliphatic carbocycles. The number of rotatable bonds is 7. The maximum absolute atomic E-state index is 12.2. The molecule has 2 aliphatic rings. The maximum Gasteiger partial charge on any atom is 0.525 e. The average Bonchev–Trinajstić information content (AvgIpc) is 3.08. The molecule has 0 saturated heterocycles. The Balaban J connectivity index is 1.91. The molecule has 0 aromatic rings. The number of hydrogen-bond acceptors (Lipinski definition) is 6. The SMILES string of the molecule is CNC(=O)C1=[N+](CC(=O)NNNC(=CS)C2=CC=C(Br)CC2)C=[N+]=C1NC. The fourth-order valence-electron chi connectivity index (χ4n) is 2.44. The molecule has 0 aromatic heterocycles. The second-order valence-electron chi connectivity index (χ2n) is 5.55. The molecule has 0 spiro atoms. The Bertz CT molecular complexity index is 823. The van der Waals surface area contributed by atoms with Crippen LogP contribution in [-0.4, -0.2) is 54.9 Å². The monoisotopic (exact) mass is 455 g/mol. The number of amidine groups is 1. The van der Waals surface area contributed by atoms with Crippen LogP contribution < -0.4 is 31.7 Å². The number of thiol groups is 1. The van der Waals surface area contributed by atoms with Gasteiger partial charge in [0.05, 0.1) is 5.70 Å². The molecule has 0 unspecified atom stereocenters. The highest BCUT2D eigenvalue weighted by Crippen LogP contribution is 2.25. The fourth-order valence-corrected chi connectivity index (χ4v) is 3.00. The van der Waals surface area contributed by atoms with E-state index in [1.54, 1.807) is 12.5 Å². The van der Waals surface area contributed by atoms with E-state index in [-0.39, 0.29) is 24.1 Å². The van der Waals surface area contributed by atoms with Crippen LogP contribution in [0.15, 0.2) is 33.3 Å². The minimum Gasteiger partial charge on any atom is -0.350 e. The van der Waals surface area contributed by atoms with Crippen molar-refractivity contribution >= 4 is 58.3 Å². The van der Waals surface area contributed by atoms with Crippen molar-refractivity contribution in [2.24, 2.45) is 0 Å². The first-order chi connectivity index (χ1) is 13.0. The van der Waals surface area contributed by atoms with E-state index in [0.29, 0.717) is 5.84 Å². The number of carbonyl (C=O) groups excluding carboxylic acids is 2. The number of carbonyl (C=O) groups is 2. The quantitative estimate of drug-likeness (QED) is 0.125. The van der Waals surface area contributed by atoms with Crippen molar-refractivity contribution in [3.63, 3.8) is 0 Å². The van der Waals surface area contributed by atoms with Crippen molar-refractivity contribution in [2.45, 2.75) is 12.8 Å². The molecule has 2 amide bonds. The van der Waals surface area contributed by atoms with E-state index in [9.17, 15) is 9.59 Å². The number of nitrogens with zero attached hydrogens (tertiary/aromatic N) is 2. The highest BCUT2D eigenvalue weighted by molar-refractivity contribution is 9.11. The second-order valence-corrected chi connectivity index (χ2v) is 6.82. The predicted octanol–water partition coefficient (Wildman–Crippen LogP) is -1.19. The number of halogens is 1. The molecule has 27 heavy (non-hydrogen) atoms. The molecule has 11 heteroatoms. The standard InChI is InChI=1S/C16H20BrN7O2S/c1-18-15-14(16(26)19-2)24(9-20-15)7-13(25)22-23-21-12(8-27)10-3-5-11(17)6-4-10/h3,5,8-9H,4,6-7H2,1-2H3,(H4,18,19,21,22,23,25,26,27)/p+2. The van der Waals surface area contributed by atoms with Crippen LogP contribution in [0.4, 0.5) is 0 Å². The van der Waals surface area contributed by atoms with Crippen LogP contribution in [0, 0.1) is 0 Å². The largest absolute Gasteiger partial charge is 0.525 e. The van der Waals surface area contributed by atoms with Gasteiger partial charge in [0, 0.05) is 18.8 Å². The van der Waals surface area contributed by atoms with E-state index in [4.69, 9.17) is 0 Å². The molecule has 0 aromatic carbocycles. The summed E-state index contributed by atoms with van der Waals surface area (Å²) in [6, 6.07) is 0. The Morgan fingerprint density at radius 1 is 1.30 bits per heavy atom. The van der Waals surface area contributed by atoms with Crippen LogP contribution in [0.3, 0.4) is 0 Å². The summed E-state index contributed by atoms with van der Waals surface area (Å²) in [6.07, 6.45) is 7.15. The summed E-state index contributed by atoms with van der Waals surface area (Å²) >= 11 is 7.66. The molecule has 5 N–H and O–H groups in total. The van der Waals surface area contributed by atoms with Gasteiger partial charge in [0.1, 0.15) is 0 Å². The summed E-state index contributed by atoms with van der Waals surface area (Å²) in [5, 5.41) is 6.98. The van der Waals surface area contributed by atoms with Gasteiger partial charge in [-0.05, 0) is 28.3 Å². The van der Waals surface area contributed by atoms with E-state index >= 15 is 0 Å². The third kappa shape index (κ3) is 5.57. The van der Waals surface area contributed by atoms with Crippen molar-refractivity contribution in [3.8, 4) is 0 Å². The summed E-state index contributed by atoms with van der Waals surface area (Å²) in [6.45, 7) is -0.0790. The number of nitrogens with one attached hydrogen (secondary N) is 5. The molecule has 1 heterocycles. The molecular formula is C16H22BrN7O2S+2. The normalized spacial score (nSPS) is 16.4. The van der Waals surface area contributed by atoms with E-state index in [1.165, 1.54) is 18.0 Å². The van der Waals surface area contributed by atoms with Crippen molar-refractivity contribution in [1.29, 1.82) is 0 Å². The second kappa shape index (κ2) is 10.1. The van der Waals surface area contributed by atoms with Gasteiger partial charge in [0.2, 0.25) is 6.54 Å². The zero-order valence-electron chi connectivity index (χ0n) is 15.0. The van der Waals surface area contributed by atoms with Crippen molar-refractivity contribution in [1.82, 2.24) is 31.7 Å². The molecule has 0 radical (unpaired) electrons. The van der Waals surface area contributed by atoms with Crippen LogP contribution in [0.2, 0.25) is 0 Å². The van der Waals surface area contributed by atoms with Crippen molar-refractivity contribution in [3.05, 3.63) is 33.3 Å². The summed E-state index contributed by atoms with van der Waals surface area (Å²) < 4.78 is 6.68. The first kappa shape index (κ1) is 21.0. The molecule has 0 fully saturated rings. The summed E-state index contributed by atoms with van der Waals surface area (Å²) in [5.74, 6) is -0.289. The Kier molecular flexibility index (Phi) is 7.86. The van der Waals surface area contributed by atoms with Crippen molar-refractivity contribution < 1.29 is 14.2 Å². The summed E-state index contributed by atoms with van der Waals surface area (Å²) in [5.41, 5.74) is 10.2. The molecule has 2 rings (SSSR count). The minimum atomic E-state index is -0.355. The first-order valence-corrected chi connectivity index (χ1v) is 9.45. The molecule has 144 valence electrons. The molecule has 0 bridgehead atoms. The average molecular weight is 456 g/mol. The fraction of sp³-hybridized carbons (Fsp3) is 0.312. The van der Waals surface area contributed by atoms with Gasteiger partial charge >= 0.3 is 29.7 Å². The highest BCUT2D eigenvalue weighted by Gasteiger charge is 2.41. The van der Waals surface area contributed by atoms with E-state index < -0.39 is 0 Å². The Hall–Kier alpha value is -2.33. The van der Waals surface area contributed by atoms with E-state index in [2.05, 4.69) is 60.2 Å². The lowest BCUT2D eigenvalue weighted by Crippen LogP contribution is -2.50. The molecule has 1 aliphatic heterocycles. The highest BCUT2D eigenvalue weighted by atomic mass is 79.9. The number of hydrazine groups is 2. The van der Waals surface area contributed by atoms with Crippen LogP contribution in [0.1, 0.15) is 12.8 Å². The van der Waals surface area contributed by atoms with Gasteiger partial charge in [-0.3, -0.25) is 15.0 Å². The predicted molar refractivity (Wildman–Crippen MR) is 112 cm³/mol. The third-order valence-electron chi connectivity index (χ3n) is 3.80. The Morgan fingerprint density at radius 2 is 2.07 bits per heavy atom. The number of amides is 2. The number of hydrogen-bond donors (Lipinski definition) is 6. The van der Waals surface area contributed by atoms with E-state index in [0.717, 1.165) is 28.6 Å². The third-order valence-corrected chi connectivity index (χ3v) is 4.72. The van der Waals surface area contributed by atoms with E-state index in [1.807, 2.05) is 12.2 Å². The topological polar surface area (TPSA) is 111 Å². The van der Waals surface area contributed by atoms with Gasteiger partial charge in [0.25, 0.3) is 0 Å². The Morgan fingerprint density at radius 3 is 2.67 bits per heavy atom. The van der Waals surface area contributed by atoms with Crippen molar-refractivity contribution in [2.75, 3.05) is 20.6 Å². The van der Waals surface area contributed by atoms with Crippen LogP contribution in [0.5, 0.6) is 0 Å². The summed E-state index contributed by atoms with van der Waals surface area (Å²) in [7, 11) is 3.17. The van der Waals surface area contributed by atoms with Gasteiger partial charge in [-0.2, -0.15) is 0 Å². The zero-order valence-corrected chi connectivity index (χ0v) is 17.4. The lowest BCUT2D eigenvalue weighted by Gasteiger charge is -2.17. The van der Waals surface area contributed by atoms with Gasteiger partial charge in [0.15, 0.2) is 0 Å². The summed E-state index contributed by atoms with van der Waals surface area (Å²) in [4.78, 5) is 24.2. The molecule has 9 nitrogen and oxygen atoms in total. The minimum absolute atomic E-state index is 0.0790. The number of allylic oxidation sites excluding steroid dienone is 4. The van der Waals surface area contributed by atoms with Crippen LogP contribution in [-0.2, 0) is 9.59 Å². The maximum atomic E-state index is 12.2.